The molecule has 0 atom stereocenters. The third kappa shape index (κ3) is 3.97. The van der Waals surface area contributed by atoms with E-state index in [1.807, 2.05) is 0 Å². The molecule has 0 aliphatic carbocycles. The van der Waals surface area contributed by atoms with Crippen molar-refractivity contribution in [3.8, 4) is 0 Å². The molecule has 0 radical (unpaired) electrons. The second kappa shape index (κ2) is 8.01. The molecule has 1 aliphatic rings. The van der Waals surface area contributed by atoms with Crippen molar-refractivity contribution in [3.63, 3.8) is 0 Å². The molecule has 1 aromatic carbocycles. The Bertz CT molecular complexity index is 1130. The summed E-state index contributed by atoms with van der Waals surface area (Å²) in [5.41, 5.74) is 0.413. The van der Waals surface area contributed by atoms with E-state index in [-0.39, 0.29) is 29.1 Å². The fourth-order valence-corrected chi connectivity index (χ4v) is 3.97. The number of aromatic nitrogens is 3. The molecule has 2 aromatic heterocycles. The van der Waals surface area contributed by atoms with Crippen LogP contribution in [0.25, 0.3) is 5.65 Å². The molecule has 0 saturated carbocycles. The molecule has 10 heteroatoms. The summed E-state index contributed by atoms with van der Waals surface area (Å²) in [6.45, 7) is 0.641. The van der Waals surface area contributed by atoms with Crippen molar-refractivity contribution >= 4 is 17.5 Å². The lowest BCUT2D eigenvalue weighted by Gasteiger charge is -2.32. The summed E-state index contributed by atoms with van der Waals surface area (Å²) in [7, 11) is 1.52. The number of carbonyl (C=O) groups is 2. The normalized spacial score (nSPS) is 15.3. The number of nitrogens with one attached hydrogen (secondary N) is 1. The Morgan fingerprint density at radius 3 is 2.48 bits per heavy atom. The van der Waals surface area contributed by atoms with Gasteiger partial charge in [-0.15, -0.1) is 10.2 Å². The highest BCUT2D eigenvalue weighted by Gasteiger charge is 2.36. The van der Waals surface area contributed by atoms with Crippen LogP contribution in [-0.2, 0) is 6.18 Å². The molecule has 0 unspecified atom stereocenters. The second-order valence-corrected chi connectivity index (χ2v) is 7.40. The summed E-state index contributed by atoms with van der Waals surface area (Å²) in [5, 5.41) is 10.5. The number of hydrogen-bond donors (Lipinski definition) is 1. The molecule has 1 N–H and O–H groups in total. The van der Waals surface area contributed by atoms with Gasteiger partial charge >= 0.3 is 6.18 Å². The lowest BCUT2D eigenvalue weighted by molar-refractivity contribution is -0.138. The van der Waals surface area contributed by atoms with Gasteiger partial charge in [0.2, 0.25) is 5.82 Å². The molecule has 3 aromatic rings. The van der Waals surface area contributed by atoms with Gasteiger partial charge in [0.15, 0.2) is 5.65 Å². The minimum Gasteiger partial charge on any atom is -0.355 e. The molecule has 2 amide bonds. The average Bonchev–Trinajstić information content (AvgIpc) is 3.21. The van der Waals surface area contributed by atoms with Crippen LogP contribution in [0.3, 0.4) is 0 Å². The van der Waals surface area contributed by atoms with Crippen molar-refractivity contribution in [2.75, 3.05) is 20.1 Å². The van der Waals surface area contributed by atoms with E-state index in [0.717, 1.165) is 6.07 Å². The Hall–Kier alpha value is -3.43. The lowest BCUT2D eigenvalue weighted by Crippen LogP contribution is -2.39. The molecule has 0 spiro atoms. The zero-order chi connectivity index (χ0) is 22.2. The summed E-state index contributed by atoms with van der Waals surface area (Å²) < 4.78 is 41.5. The number of carbonyl (C=O) groups excluding carboxylic acids is 2. The van der Waals surface area contributed by atoms with Gasteiger partial charge in [-0.2, -0.15) is 13.2 Å². The number of amides is 2. The molecule has 7 nitrogen and oxygen atoms in total. The fourth-order valence-electron chi connectivity index (χ4n) is 3.97. The number of benzene rings is 1. The van der Waals surface area contributed by atoms with E-state index in [4.69, 9.17) is 0 Å². The van der Waals surface area contributed by atoms with Crippen molar-refractivity contribution < 1.29 is 22.8 Å². The van der Waals surface area contributed by atoms with E-state index in [0.29, 0.717) is 37.1 Å². The number of likely N-dealkylation sites (tertiary alicyclic amines) is 1. The van der Waals surface area contributed by atoms with Crippen molar-refractivity contribution in [2.24, 2.45) is 0 Å². The molecule has 3 heterocycles. The van der Waals surface area contributed by atoms with Crippen LogP contribution in [0.1, 0.15) is 50.9 Å². The van der Waals surface area contributed by atoms with Crippen LogP contribution in [0.4, 0.5) is 13.2 Å². The van der Waals surface area contributed by atoms with Crippen molar-refractivity contribution in [1.29, 1.82) is 0 Å². The molecular weight excluding hydrogens is 411 g/mol. The van der Waals surface area contributed by atoms with Crippen molar-refractivity contribution in [3.05, 3.63) is 65.1 Å². The van der Waals surface area contributed by atoms with Crippen LogP contribution in [0.2, 0.25) is 0 Å². The first-order chi connectivity index (χ1) is 14.8. The zero-order valence-corrected chi connectivity index (χ0v) is 16.7. The van der Waals surface area contributed by atoms with E-state index in [9.17, 15) is 22.8 Å². The number of fused-ring (bicyclic) bond motifs is 1. The third-order valence-corrected chi connectivity index (χ3v) is 5.58. The predicted octanol–water partition coefficient (Wildman–Crippen LogP) is 3.13. The predicted molar refractivity (Wildman–Crippen MR) is 106 cm³/mol. The maximum atomic E-state index is 13.3. The molecule has 1 fully saturated rings. The van der Waals surface area contributed by atoms with Crippen LogP contribution >= 0.6 is 0 Å². The first kappa shape index (κ1) is 20.8. The van der Waals surface area contributed by atoms with Crippen LogP contribution in [-0.4, -0.2) is 51.4 Å². The van der Waals surface area contributed by atoms with Crippen molar-refractivity contribution in [2.45, 2.75) is 24.9 Å². The van der Waals surface area contributed by atoms with E-state index < -0.39 is 11.7 Å². The molecule has 1 aliphatic heterocycles. The first-order valence-electron chi connectivity index (χ1n) is 9.82. The summed E-state index contributed by atoms with van der Waals surface area (Å²) in [6, 6.07) is 8.70. The van der Waals surface area contributed by atoms with Gasteiger partial charge in [0.25, 0.3) is 11.8 Å². The Morgan fingerprint density at radius 1 is 1.10 bits per heavy atom. The summed E-state index contributed by atoms with van der Waals surface area (Å²) in [4.78, 5) is 26.3. The van der Waals surface area contributed by atoms with E-state index in [1.165, 1.54) is 29.6 Å². The number of rotatable bonds is 3. The Labute approximate surface area is 175 Å². The molecule has 162 valence electrons. The highest BCUT2D eigenvalue weighted by molar-refractivity contribution is 5.95. The number of nitrogens with zero attached hydrogens (tertiary/aromatic N) is 4. The largest absolute Gasteiger partial charge is 0.416 e. The van der Waals surface area contributed by atoms with Gasteiger partial charge in [-0.25, -0.2) is 0 Å². The van der Waals surface area contributed by atoms with Crippen LogP contribution < -0.4 is 5.32 Å². The molecule has 1 saturated heterocycles. The SMILES string of the molecule is CNC(=O)c1ccn2c(C(=O)N3CCC(c4ccccc4C(F)(F)F)CC3)nnc2c1. The van der Waals surface area contributed by atoms with Crippen LogP contribution in [0, 0.1) is 0 Å². The number of pyridine rings is 1. The Morgan fingerprint density at radius 2 is 1.81 bits per heavy atom. The summed E-state index contributed by atoms with van der Waals surface area (Å²) in [5.74, 6) is -0.790. The maximum Gasteiger partial charge on any atom is 0.416 e. The Kier molecular flexibility index (Phi) is 5.38. The minimum atomic E-state index is -4.41. The highest BCUT2D eigenvalue weighted by Crippen LogP contribution is 2.38. The second-order valence-electron chi connectivity index (χ2n) is 7.40. The average molecular weight is 431 g/mol. The first-order valence-corrected chi connectivity index (χ1v) is 9.82. The molecular formula is C21H20F3N5O2. The van der Waals surface area contributed by atoms with Crippen molar-refractivity contribution in [1.82, 2.24) is 24.8 Å². The van der Waals surface area contributed by atoms with Gasteiger partial charge in [0.05, 0.1) is 5.56 Å². The van der Waals surface area contributed by atoms with Crippen LogP contribution in [0.15, 0.2) is 42.6 Å². The topological polar surface area (TPSA) is 79.6 Å². The molecule has 4 rings (SSSR count). The third-order valence-electron chi connectivity index (χ3n) is 5.58. The number of halogens is 3. The summed E-state index contributed by atoms with van der Waals surface area (Å²) >= 11 is 0. The monoisotopic (exact) mass is 431 g/mol. The van der Waals surface area contributed by atoms with Gasteiger partial charge in [-0.1, -0.05) is 18.2 Å². The highest BCUT2D eigenvalue weighted by atomic mass is 19.4. The molecule has 31 heavy (non-hydrogen) atoms. The molecule has 0 bridgehead atoms. The fraction of sp³-hybridized carbons (Fsp3) is 0.333. The van der Waals surface area contributed by atoms with Crippen LogP contribution in [0.5, 0.6) is 0 Å². The standard InChI is InChI=1S/C21H20F3N5O2/c1-25-19(30)14-8-11-29-17(12-14)26-27-18(29)20(31)28-9-6-13(7-10-28)15-4-2-3-5-16(15)21(22,23)24/h2-5,8,11-13H,6-7,9-10H2,1H3,(H,25,30). The smallest absolute Gasteiger partial charge is 0.355 e. The van der Waals surface area contributed by atoms with Gasteiger partial charge in [0, 0.05) is 31.9 Å². The number of piperidine rings is 1. The minimum absolute atomic E-state index is 0.104. The van der Waals surface area contributed by atoms with E-state index in [2.05, 4.69) is 15.5 Å². The quantitative estimate of drug-likeness (QED) is 0.691. The number of hydrogen-bond acceptors (Lipinski definition) is 4. The maximum absolute atomic E-state index is 13.3. The summed E-state index contributed by atoms with van der Waals surface area (Å²) in [6.07, 6.45) is -2.00. The lowest BCUT2D eigenvalue weighted by atomic mass is 9.86. The van der Waals surface area contributed by atoms with Gasteiger partial charge in [-0.3, -0.25) is 14.0 Å². The van der Waals surface area contributed by atoms with E-state index in [1.54, 1.807) is 23.2 Å². The Balaban J connectivity index is 1.50. The van der Waals surface area contributed by atoms with Gasteiger partial charge < -0.3 is 10.2 Å². The van der Waals surface area contributed by atoms with Gasteiger partial charge in [0.1, 0.15) is 0 Å². The van der Waals surface area contributed by atoms with Gasteiger partial charge in [-0.05, 0) is 42.5 Å². The zero-order valence-electron chi connectivity index (χ0n) is 16.7. The number of alkyl halides is 3. The van der Waals surface area contributed by atoms with E-state index >= 15 is 0 Å².